The van der Waals surface area contributed by atoms with Crippen molar-refractivity contribution in [3.63, 3.8) is 0 Å². The Labute approximate surface area is 142 Å². The van der Waals surface area contributed by atoms with Crippen LogP contribution in [0.25, 0.3) is 10.8 Å². The second-order valence-corrected chi connectivity index (χ2v) is 6.24. The number of methoxy groups -OCH3 is 1. The summed E-state index contributed by atoms with van der Waals surface area (Å²) in [5.41, 5.74) is 1.00. The molecule has 128 valence electrons. The Morgan fingerprint density at radius 3 is 2.92 bits per heavy atom. The molecule has 5 heteroatoms. The number of carbonyl (C=O) groups excluding carboxylic acids is 1. The zero-order valence-corrected chi connectivity index (χ0v) is 14.2. The molecule has 0 bridgehead atoms. The number of hydrogen-bond acceptors (Lipinski definition) is 3. The van der Waals surface area contributed by atoms with Gasteiger partial charge in [0.25, 0.3) is 0 Å². The number of hydrogen-bond donors (Lipinski definition) is 1. The van der Waals surface area contributed by atoms with Gasteiger partial charge in [-0.1, -0.05) is 30.3 Å². The highest BCUT2D eigenvalue weighted by Crippen LogP contribution is 2.27. The summed E-state index contributed by atoms with van der Waals surface area (Å²) in [4.78, 5) is 14.1. The molecule has 1 saturated heterocycles. The summed E-state index contributed by atoms with van der Waals surface area (Å²) >= 11 is 0. The van der Waals surface area contributed by atoms with Gasteiger partial charge in [0.1, 0.15) is 5.75 Å². The third kappa shape index (κ3) is 3.62. The van der Waals surface area contributed by atoms with Crippen LogP contribution in [0.2, 0.25) is 0 Å². The van der Waals surface area contributed by atoms with Crippen LogP contribution in [0.4, 0.5) is 4.79 Å². The van der Waals surface area contributed by atoms with Gasteiger partial charge in [-0.05, 0) is 23.3 Å². The molecule has 3 rings (SSSR count). The molecular formula is C19H24N2O3. The molecule has 0 unspecified atom stereocenters. The van der Waals surface area contributed by atoms with Crippen LogP contribution < -0.4 is 10.1 Å². The van der Waals surface area contributed by atoms with Crippen molar-refractivity contribution in [3.8, 4) is 5.75 Å². The highest BCUT2D eigenvalue weighted by molar-refractivity contribution is 5.88. The van der Waals surface area contributed by atoms with Gasteiger partial charge < -0.3 is 19.7 Å². The summed E-state index contributed by atoms with van der Waals surface area (Å²) < 4.78 is 10.8. The average Bonchev–Trinajstić information content (AvgIpc) is 3.12. The van der Waals surface area contributed by atoms with E-state index in [1.165, 1.54) is 0 Å². The van der Waals surface area contributed by atoms with Crippen molar-refractivity contribution < 1.29 is 14.3 Å². The summed E-state index contributed by atoms with van der Waals surface area (Å²) in [5.74, 6) is 1.23. The van der Waals surface area contributed by atoms with Crippen molar-refractivity contribution in [3.05, 3.63) is 42.0 Å². The van der Waals surface area contributed by atoms with E-state index >= 15 is 0 Å². The Balaban J connectivity index is 1.69. The zero-order valence-electron chi connectivity index (χ0n) is 14.2. The Morgan fingerprint density at radius 2 is 2.17 bits per heavy atom. The molecule has 0 saturated carbocycles. The molecule has 0 spiro atoms. The second-order valence-electron chi connectivity index (χ2n) is 6.24. The Kier molecular flexibility index (Phi) is 5.20. The van der Waals surface area contributed by atoms with Gasteiger partial charge in [-0.15, -0.1) is 0 Å². The number of fused-ring (bicyclic) bond motifs is 1. The molecule has 2 aromatic carbocycles. The first-order valence-electron chi connectivity index (χ1n) is 8.30. The molecule has 1 heterocycles. The Morgan fingerprint density at radius 1 is 1.33 bits per heavy atom. The van der Waals surface area contributed by atoms with Gasteiger partial charge in [-0.3, -0.25) is 0 Å². The molecule has 0 radical (unpaired) electrons. The lowest BCUT2D eigenvalue weighted by molar-refractivity contribution is 0.171. The maximum absolute atomic E-state index is 12.4. The predicted molar refractivity (Wildman–Crippen MR) is 94.3 cm³/mol. The smallest absolute Gasteiger partial charge is 0.317 e. The van der Waals surface area contributed by atoms with Crippen molar-refractivity contribution in [2.24, 2.45) is 5.92 Å². The third-order valence-corrected chi connectivity index (χ3v) is 4.54. The van der Waals surface area contributed by atoms with E-state index in [9.17, 15) is 4.79 Å². The summed E-state index contributed by atoms with van der Waals surface area (Å²) in [5, 5.41) is 5.24. The fourth-order valence-corrected chi connectivity index (χ4v) is 3.19. The van der Waals surface area contributed by atoms with Crippen LogP contribution in [0.1, 0.15) is 12.0 Å². The topological polar surface area (TPSA) is 50.8 Å². The van der Waals surface area contributed by atoms with E-state index < -0.39 is 0 Å². The molecule has 1 aliphatic heterocycles. The minimum atomic E-state index is -0.0723. The Bertz CT molecular complexity index is 711. The van der Waals surface area contributed by atoms with Crippen LogP contribution >= 0.6 is 0 Å². The first-order chi connectivity index (χ1) is 11.7. The predicted octanol–water partition coefficient (Wildman–Crippen LogP) is 3.03. The first-order valence-corrected chi connectivity index (χ1v) is 8.30. The van der Waals surface area contributed by atoms with Gasteiger partial charge in [0, 0.05) is 38.2 Å². The van der Waals surface area contributed by atoms with E-state index in [1.54, 1.807) is 12.0 Å². The van der Waals surface area contributed by atoms with E-state index in [2.05, 4.69) is 17.4 Å². The van der Waals surface area contributed by atoms with Crippen LogP contribution in [0.5, 0.6) is 5.75 Å². The molecule has 0 aromatic heterocycles. The lowest BCUT2D eigenvalue weighted by atomic mass is 10.0. The van der Waals surface area contributed by atoms with E-state index in [0.29, 0.717) is 12.5 Å². The molecule has 2 aromatic rings. The van der Waals surface area contributed by atoms with Crippen molar-refractivity contribution in [1.82, 2.24) is 10.2 Å². The van der Waals surface area contributed by atoms with Gasteiger partial charge in [-0.25, -0.2) is 4.79 Å². The highest BCUT2D eigenvalue weighted by Gasteiger charge is 2.20. The number of carbonyl (C=O) groups is 1. The summed E-state index contributed by atoms with van der Waals surface area (Å²) in [7, 11) is 3.48. The van der Waals surface area contributed by atoms with Gasteiger partial charge in [-0.2, -0.15) is 0 Å². The first kappa shape index (κ1) is 16.6. The molecule has 24 heavy (non-hydrogen) atoms. The summed E-state index contributed by atoms with van der Waals surface area (Å²) in [6, 6.07) is 12.0. The molecule has 1 atom stereocenters. The van der Waals surface area contributed by atoms with Gasteiger partial charge >= 0.3 is 6.03 Å². The fourth-order valence-electron chi connectivity index (χ4n) is 3.19. The second kappa shape index (κ2) is 7.53. The van der Waals surface area contributed by atoms with Crippen LogP contribution in [-0.4, -0.2) is 44.8 Å². The molecule has 1 N–H and O–H groups in total. The van der Waals surface area contributed by atoms with Gasteiger partial charge in [0.05, 0.1) is 13.7 Å². The monoisotopic (exact) mass is 328 g/mol. The lowest BCUT2D eigenvalue weighted by Gasteiger charge is -2.21. The number of ether oxygens (including phenoxy) is 2. The SMILES string of the molecule is COc1ccc2ccccc2c1CNC(=O)N(C)C[C@H]1CCOC1. The molecule has 1 aliphatic rings. The van der Waals surface area contributed by atoms with Crippen molar-refractivity contribution in [2.75, 3.05) is 33.9 Å². The highest BCUT2D eigenvalue weighted by atomic mass is 16.5. The molecule has 2 amide bonds. The van der Waals surface area contributed by atoms with Crippen LogP contribution in [-0.2, 0) is 11.3 Å². The number of amides is 2. The molecule has 1 fully saturated rings. The van der Waals surface area contributed by atoms with E-state index in [-0.39, 0.29) is 6.03 Å². The number of nitrogens with one attached hydrogen (secondary N) is 1. The maximum Gasteiger partial charge on any atom is 0.317 e. The minimum absolute atomic E-state index is 0.0723. The number of urea groups is 1. The van der Waals surface area contributed by atoms with Crippen molar-refractivity contribution in [1.29, 1.82) is 0 Å². The average molecular weight is 328 g/mol. The van der Waals surface area contributed by atoms with E-state index in [1.807, 2.05) is 31.3 Å². The molecule has 5 nitrogen and oxygen atoms in total. The Hall–Kier alpha value is -2.27. The normalized spacial score (nSPS) is 17.0. The summed E-state index contributed by atoms with van der Waals surface area (Å²) in [6.45, 7) is 2.70. The van der Waals surface area contributed by atoms with Gasteiger partial charge in [0.2, 0.25) is 0 Å². The fraction of sp³-hybridized carbons (Fsp3) is 0.421. The van der Waals surface area contributed by atoms with E-state index in [0.717, 1.165) is 48.3 Å². The number of benzene rings is 2. The quantitative estimate of drug-likeness (QED) is 0.918. The third-order valence-electron chi connectivity index (χ3n) is 4.54. The van der Waals surface area contributed by atoms with Crippen molar-refractivity contribution >= 4 is 16.8 Å². The van der Waals surface area contributed by atoms with Crippen LogP contribution in [0, 0.1) is 5.92 Å². The molecule has 0 aliphatic carbocycles. The van der Waals surface area contributed by atoms with Crippen LogP contribution in [0.3, 0.4) is 0 Å². The van der Waals surface area contributed by atoms with E-state index in [4.69, 9.17) is 9.47 Å². The van der Waals surface area contributed by atoms with Crippen molar-refractivity contribution in [2.45, 2.75) is 13.0 Å². The molecular weight excluding hydrogens is 304 g/mol. The van der Waals surface area contributed by atoms with Crippen LogP contribution in [0.15, 0.2) is 36.4 Å². The number of nitrogens with zero attached hydrogens (tertiary/aromatic N) is 1. The minimum Gasteiger partial charge on any atom is -0.496 e. The van der Waals surface area contributed by atoms with Gasteiger partial charge in [0.15, 0.2) is 0 Å². The lowest BCUT2D eigenvalue weighted by Crippen LogP contribution is -2.39. The zero-order chi connectivity index (χ0) is 16.9. The maximum atomic E-state index is 12.4. The number of rotatable bonds is 5. The largest absolute Gasteiger partial charge is 0.496 e. The summed E-state index contributed by atoms with van der Waals surface area (Å²) in [6.07, 6.45) is 1.02. The standard InChI is InChI=1S/C19H24N2O3/c1-21(12-14-9-10-24-13-14)19(22)20-11-17-16-6-4-3-5-15(16)7-8-18(17)23-2/h3-8,14H,9-13H2,1-2H3,(H,20,22)/t14-/m1/s1.